The van der Waals surface area contributed by atoms with Gasteiger partial charge in [-0.05, 0) is 87.3 Å². The Labute approximate surface area is 160 Å². The number of benzene rings is 1. The van der Waals surface area contributed by atoms with Crippen LogP contribution in [0.5, 0.6) is 5.75 Å². The lowest BCUT2D eigenvalue weighted by molar-refractivity contribution is -0.151. The Morgan fingerprint density at radius 3 is 2.30 bits per heavy atom. The molecular formula is C22H29NO4. The zero-order valence-corrected chi connectivity index (χ0v) is 16.3. The molecule has 27 heavy (non-hydrogen) atoms. The molecule has 0 spiro atoms. The molecule has 1 N–H and O–H groups in total. The van der Waals surface area contributed by atoms with Gasteiger partial charge in [0.15, 0.2) is 13.2 Å². The summed E-state index contributed by atoms with van der Waals surface area (Å²) in [4.78, 5) is 24.3. The number of rotatable bonds is 6. The van der Waals surface area contributed by atoms with Crippen molar-refractivity contribution in [1.82, 2.24) is 5.32 Å². The van der Waals surface area contributed by atoms with Crippen LogP contribution >= 0.6 is 0 Å². The van der Waals surface area contributed by atoms with Crippen LogP contribution in [0.3, 0.4) is 0 Å². The third-order valence-corrected chi connectivity index (χ3v) is 6.50. The summed E-state index contributed by atoms with van der Waals surface area (Å²) in [5, 5.41) is 3.21. The van der Waals surface area contributed by atoms with Crippen LogP contribution in [0.2, 0.25) is 0 Å². The summed E-state index contributed by atoms with van der Waals surface area (Å²) < 4.78 is 10.7. The highest BCUT2D eigenvalue weighted by atomic mass is 16.6. The monoisotopic (exact) mass is 371 g/mol. The van der Waals surface area contributed by atoms with Crippen LogP contribution in [0, 0.1) is 31.6 Å². The first-order valence-corrected chi connectivity index (χ1v) is 10.1. The van der Waals surface area contributed by atoms with Crippen molar-refractivity contribution in [2.75, 3.05) is 13.2 Å². The van der Waals surface area contributed by atoms with E-state index in [1.807, 2.05) is 32.0 Å². The molecule has 5 nitrogen and oxygen atoms in total. The molecule has 5 rings (SSSR count). The lowest BCUT2D eigenvalue weighted by atomic mass is 9.53. The number of ether oxygens (including phenoxy) is 2. The van der Waals surface area contributed by atoms with Gasteiger partial charge in [0, 0.05) is 5.54 Å². The lowest BCUT2D eigenvalue weighted by Gasteiger charge is -2.56. The van der Waals surface area contributed by atoms with Crippen LogP contribution in [-0.4, -0.2) is 30.6 Å². The van der Waals surface area contributed by atoms with Crippen LogP contribution < -0.4 is 10.1 Å². The Kier molecular flexibility index (Phi) is 4.87. The van der Waals surface area contributed by atoms with Gasteiger partial charge in [-0.25, -0.2) is 4.79 Å². The number of carbonyl (C=O) groups excluding carboxylic acids is 2. The first kappa shape index (κ1) is 18.3. The van der Waals surface area contributed by atoms with Crippen molar-refractivity contribution in [3.63, 3.8) is 0 Å². The van der Waals surface area contributed by atoms with Crippen molar-refractivity contribution in [3.8, 4) is 5.75 Å². The molecule has 1 aromatic rings. The van der Waals surface area contributed by atoms with E-state index in [2.05, 4.69) is 5.32 Å². The Morgan fingerprint density at radius 2 is 1.67 bits per heavy atom. The normalized spacial score (nSPS) is 30.8. The molecule has 0 heterocycles. The number of hydrogen-bond acceptors (Lipinski definition) is 4. The Balaban J connectivity index is 1.23. The zero-order chi connectivity index (χ0) is 19.0. The second-order valence-electron chi connectivity index (χ2n) is 8.96. The maximum atomic E-state index is 12.4. The van der Waals surface area contributed by atoms with Gasteiger partial charge in [0.25, 0.3) is 5.91 Å². The maximum absolute atomic E-state index is 12.4. The van der Waals surface area contributed by atoms with Gasteiger partial charge in [-0.2, -0.15) is 0 Å². The van der Waals surface area contributed by atoms with Gasteiger partial charge in [-0.15, -0.1) is 0 Å². The van der Waals surface area contributed by atoms with E-state index in [1.54, 1.807) is 0 Å². The van der Waals surface area contributed by atoms with E-state index in [4.69, 9.17) is 9.47 Å². The summed E-state index contributed by atoms with van der Waals surface area (Å²) in [5.74, 6) is 2.28. The summed E-state index contributed by atoms with van der Waals surface area (Å²) in [5.41, 5.74) is 1.99. The molecule has 1 aromatic carbocycles. The van der Waals surface area contributed by atoms with Crippen LogP contribution in [-0.2, 0) is 14.3 Å². The fraction of sp³-hybridized carbons (Fsp3) is 0.636. The number of amides is 1. The highest BCUT2D eigenvalue weighted by Gasteiger charge is 2.51. The third kappa shape index (κ3) is 4.12. The molecule has 5 heteroatoms. The van der Waals surface area contributed by atoms with E-state index in [0.717, 1.165) is 48.1 Å². The molecule has 4 saturated carbocycles. The van der Waals surface area contributed by atoms with Crippen molar-refractivity contribution in [3.05, 3.63) is 29.3 Å². The van der Waals surface area contributed by atoms with Crippen molar-refractivity contribution in [2.45, 2.75) is 57.9 Å². The molecule has 1 amide bonds. The topological polar surface area (TPSA) is 64.6 Å². The SMILES string of the molecule is Cc1ccc(C)c(OCC(=O)OCC(=O)NC23CC4CC(CC(C4)C2)C3)c1. The maximum Gasteiger partial charge on any atom is 0.344 e. The number of hydrogen-bond donors (Lipinski definition) is 1. The van der Waals surface area contributed by atoms with Crippen molar-refractivity contribution in [2.24, 2.45) is 17.8 Å². The van der Waals surface area contributed by atoms with Crippen molar-refractivity contribution < 1.29 is 19.1 Å². The van der Waals surface area contributed by atoms with Gasteiger partial charge in [0.1, 0.15) is 5.75 Å². The minimum atomic E-state index is -0.517. The molecule has 0 radical (unpaired) electrons. The van der Waals surface area contributed by atoms with E-state index in [-0.39, 0.29) is 24.7 Å². The van der Waals surface area contributed by atoms with E-state index < -0.39 is 5.97 Å². The Morgan fingerprint density at radius 1 is 1.04 bits per heavy atom. The van der Waals surface area contributed by atoms with Crippen LogP contribution in [0.15, 0.2) is 18.2 Å². The summed E-state index contributed by atoms with van der Waals surface area (Å²) in [6.45, 7) is 3.49. The molecule has 4 bridgehead atoms. The highest BCUT2D eigenvalue weighted by molar-refractivity contribution is 5.81. The zero-order valence-electron chi connectivity index (χ0n) is 16.3. The van der Waals surface area contributed by atoms with Gasteiger partial charge in [-0.1, -0.05) is 12.1 Å². The van der Waals surface area contributed by atoms with Crippen LogP contribution in [0.4, 0.5) is 0 Å². The molecule has 4 fully saturated rings. The number of aryl methyl sites for hydroxylation is 2. The quantitative estimate of drug-likeness (QED) is 0.779. The first-order valence-electron chi connectivity index (χ1n) is 10.1. The molecule has 146 valence electrons. The van der Waals surface area contributed by atoms with Crippen molar-refractivity contribution in [1.29, 1.82) is 0 Å². The number of carbonyl (C=O) groups is 2. The van der Waals surface area contributed by atoms with Gasteiger partial charge in [-0.3, -0.25) is 4.79 Å². The Bertz CT molecular complexity index is 707. The summed E-state index contributed by atoms with van der Waals surface area (Å²) in [6, 6.07) is 5.84. The molecule has 0 aromatic heterocycles. The van der Waals surface area contributed by atoms with E-state index in [0.29, 0.717) is 5.75 Å². The largest absolute Gasteiger partial charge is 0.482 e. The molecular weight excluding hydrogens is 342 g/mol. The minimum Gasteiger partial charge on any atom is -0.482 e. The van der Waals surface area contributed by atoms with Gasteiger partial charge in [0.2, 0.25) is 0 Å². The van der Waals surface area contributed by atoms with Gasteiger partial charge < -0.3 is 14.8 Å². The van der Waals surface area contributed by atoms with Crippen LogP contribution in [0.25, 0.3) is 0 Å². The molecule has 0 unspecified atom stereocenters. The lowest BCUT2D eigenvalue weighted by Crippen LogP contribution is -2.60. The average molecular weight is 371 g/mol. The first-order chi connectivity index (χ1) is 12.9. The summed E-state index contributed by atoms with van der Waals surface area (Å²) in [7, 11) is 0. The average Bonchev–Trinajstić information content (AvgIpc) is 2.59. The second kappa shape index (κ2) is 7.17. The van der Waals surface area contributed by atoms with Gasteiger partial charge >= 0.3 is 5.97 Å². The molecule has 0 atom stereocenters. The molecule has 0 saturated heterocycles. The number of nitrogens with one attached hydrogen (secondary N) is 1. The van der Waals surface area contributed by atoms with Gasteiger partial charge in [0.05, 0.1) is 0 Å². The fourth-order valence-corrected chi connectivity index (χ4v) is 5.78. The minimum absolute atomic E-state index is 0.0482. The van der Waals surface area contributed by atoms with E-state index in [1.165, 1.54) is 19.3 Å². The molecule has 4 aliphatic carbocycles. The predicted octanol–water partition coefficient (Wildman–Crippen LogP) is 3.31. The standard InChI is InChI=1S/C22H29NO4/c1-14-3-4-15(2)19(5-14)26-13-21(25)27-12-20(24)23-22-9-16-6-17(10-22)8-18(7-16)11-22/h3-5,16-18H,6-13H2,1-2H3,(H,23,24). The van der Waals surface area contributed by atoms with Crippen LogP contribution in [0.1, 0.15) is 49.7 Å². The summed E-state index contributed by atoms with van der Waals surface area (Å²) >= 11 is 0. The fourth-order valence-electron chi connectivity index (χ4n) is 5.78. The third-order valence-electron chi connectivity index (χ3n) is 6.50. The molecule has 0 aliphatic heterocycles. The second-order valence-corrected chi connectivity index (χ2v) is 8.96. The highest BCUT2D eigenvalue weighted by Crippen LogP contribution is 2.55. The van der Waals surface area contributed by atoms with E-state index in [9.17, 15) is 9.59 Å². The smallest absolute Gasteiger partial charge is 0.344 e. The van der Waals surface area contributed by atoms with E-state index >= 15 is 0 Å². The molecule has 4 aliphatic rings. The Hall–Kier alpha value is -2.04. The predicted molar refractivity (Wildman–Crippen MR) is 101 cm³/mol. The number of esters is 1. The summed E-state index contributed by atoms with van der Waals surface area (Å²) in [6.07, 6.45) is 7.27. The van der Waals surface area contributed by atoms with Crippen molar-refractivity contribution >= 4 is 11.9 Å².